The van der Waals surface area contributed by atoms with Gasteiger partial charge >= 0.3 is 0 Å². The maximum Gasteiger partial charge on any atom is 0.265 e. The van der Waals surface area contributed by atoms with E-state index in [0.717, 1.165) is 20.2 Å². The molecule has 9 heteroatoms. The Bertz CT molecular complexity index is 1580. The quantitative estimate of drug-likeness (QED) is 0.301. The van der Waals surface area contributed by atoms with Crippen molar-refractivity contribution in [1.82, 2.24) is 19.6 Å². The SMILES string of the molecule is Cc1ccc(S(=O)(=O)N(C)c2nc3ccccc3n3c(-c4ccccc4I)nnc23)cc1. The first-order valence-corrected chi connectivity index (χ1v) is 12.3. The summed E-state index contributed by atoms with van der Waals surface area (Å²) in [5.74, 6) is 0.847. The summed E-state index contributed by atoms with van der Waals surface area (Å²) in [5.41, 5.74) is 3.71. The van der Waals surface area contributed by atoms with Gasteiger partial charge in [0.15, 0.2) is 11.6 Å². The Kier molecular flexibility index (Phi) is 5.09. The molecule has 3 aromatic carbocycles. The smallest absolute Gasteiger partial charge is 0.265 e. The minimum absolute atomic E-state index is 0.191. The van der Waals surface area contributed by atoms with Crippen LogP contribution in [0.15, 0.2) is 77.7 Å². The minimum Gasteiger partial charge on any atom is -0.270 e. The number of aromatic nitrogens is 4. The van der Waals surface area contributed by atoms with Crippen LogP contribution in [0.5, 0.6) is 0 Å². The second-order valence-corrected chi connectivity index (χ2v) is 10.5. The number of hydrogen-bond acceptors (Lipinski definition) is 5. The Morgan fingerprint density at radius 1 is 0.906 bits per heavy atom. The molecule has 0 atom stereocenters. The number of rotatable bonds is 4. The van der Waals surface area contributed by atoms with E-state index in [1.165, 1.54) is 11.4 Å². The van der Waals surface area contributed by atoms with Gasteiger partial charge in [-0.3, -0.25) is 4.40 Å². The topological polar surface area (TPSA) is 80.5 Å². The van der Waals surface area contributed by atoms with Crippen molar-refractivity contribution in [2.45, 2.75) is 11.8 Å². The lowest BCUT2D eigenvalue weighted by atomic mass is 10.2. The van der Waals surface area contributed by atoms with E-state index in [4.69, 9.17) is 0 Å². The van der Waals surface area contributed by atoms with Gasteiger partial charge in [0.2, 0.25) is 5.65 Å². The fourth-order valence-corrected chi connectivity index (χ4v) is 5.35. The van der Waals surface area contributed by atoms with E-state index in [2.05, 4.69) is 37.8 Å². The number of para-hydroxylation sites is 2. The van der Waals surface area contributed by atoms with Crippen LogP contribution >= 0.6 is 22.6 Å². The van der Waals surface area contributed by atoms with Crippen LogP contribution in [0.1, 0.15) is 5.56 Å². The monoisotopic (exact) mass is 555 g/mol. The number of aryl methyl sites for hydroxylation is 1. The standard InChI is InChI=1S/C23H18IN5O2S/c1-15-11-13-16(14-12-15)32(30,31)28(2)22-23-27-26-21(17-7-3-4-8-18(17)24)29(23)20-10-6-5-9-19(20)25-22/h3-14H,1-2H3. The Balaban J connectivity index is 1.79. The van der Waals surface area contributed by atoms with Crippen LogP contribution < -0.4 is 4.31 Å². The highest BCUT2D eigenvalue weighted by Crippen LogP contribution is 2.32. The summed E-state index contributed by atoms with van der Waals surface area (Å²) in [7, 11) is -2.35. The second-order valence-electron chi connectivity index (χ2n) is 7.37. The van der Waals surface area contributed by atoms with Gasteiger partial charge in [0, 0.05) is 16.2 Å². The molecule has 0 spiro atoms. The molecule has 0 aliphatic rings. The van der Waals surface area contributed by atoms with Gasteiger partial charge in [-0.25, -0.2) is 17.7 Å². The first-order chi connectivity index (χ1) is 15.4. The van der Waals surface area contributed by atoms with E-state index >= 15 is 0 Å². The van der Waals surface area contributed by atoms with Crippen LogP contribution in [0.2, 0.25) is 0 Å². The molecule has 2 aromatic heterocycles. The maximum atomic E-state index is 13.4. The van der Waals surface area contributed by atoms with Crippen molar-refractivity contribution in [3.8, 4) is 11.4 Å². The third-order valence-electron chi connectivity index (χ3n) is 5.30. The van der Waals surface area contributed by atoms with Crippen LogP contribution in [-0.4, -0.2) is 35.0 Å². The zero-order chi connectivity index (χ0) is 22.5. The summed E-state index contributed by atoms with van der Waals surface area (Å²) in [6.07, 6.45) is 0. The normalized spacial score (nSPS) is 11.8. The maximum absolute atomic E-state index is 13.4. The Labute approximate surface area is 198 Å². The fraction of sp³-hybridized carbons (Fsp3) is 0.0870. The lowest BCUT2D eigenvalue weighted by molar-refractivity contribution is 0.594. The average Bonchev–Trinajstić information content (AvgIpc) is 3.24. The molecule has 2 heterocycles. The summed E-state index contributed by atoms with van der Waals surface area (Å²) in [4.78, 5) is 4.85. The van der Waals surface area contributed by atoms with Crippen molar-refractivity contribution in [1.29, 1.82) is 0 Å². The molecule has 0 saturated carbocycles. The lowest BCUT2D eigenvalue weighted by Crippen LogP contribution is -2.28. The van der Waals surface area contributed by atoms with Gasteiger partial charge in [0.1, 0.15) is 0 Å². The molecule has 5 aromatic rings. The summed E-state index contributed by atoms with van der Waals surface area (Å²) < 4.78 is 30.8. The fourth-order valence-electron chi connectivity index (χ4n) is 3.58. The van der Waals surface area contributed by atoms with Crippen LogP contribution in [0.3, 0.4) is 0 Å². The molecule has 0 aliphatic carbocycles. The predicted octanol–water partition coefficient (Wildman–Crippen LogP) is 4.68. The zero-order valence-corrected chi connectivity index (χ0v) is 20.2. The largest absolute Gasteiger partial charge is 0.270 e. The zero-order valence-electron chi connectivity index (χ0n) is 17.3. The number of halogens is 1. The molecule has 32 heavy (non-hydrogen) atoms. The van der Waals surface area contributed by atoms with Crippen LogP contribution in [0, 0.1) is 10.5 Å². The summed E-state index contributed by atoms with van der Waals surface area (Å²) in [5, 5.41) is 8.80. The molecule has 0 N–H and O–H groups in total. The van der Waals surface area contributed by atoms with Crippen molar-refractivity contribution in [3.63, 3.8) is 0 Å². The number of hydrogen-bond donors (Lipinski definition) is 0. The molecule has 160 valence electrons. The van der Waals surface area contributed by atoms with Crippen molar-refractivity contribution >= 4 is 55.1 Å². The molecule has 0 radical (unpaired) electrons. The number of nitrogens with zero attached hydrogens (tertiary/aromatic N) is 5. The molecular weight excluding hydrogens is 537 g/mol. The molecule has 7 nitrogen and oxygen atoms in total. The number of sulfonamides is 1. The number of anilines is 1. The van der Waals surface area contributed by atoms with Crippen LogP contribution in [0.4, 0.5) is 5.82 Å². The Morgan fingerprint density at radius 3 is 2.34 bits per heavy atom. The van der Waals surface area contributed by atoms with Gasteiger partial charge in [0.05, 0.1) is 15.9 Å². The van der Waals surface area contributed by atoms with E-state index in [-0.39, 0.29) is 10.7 Å². The highest BCUT2D eigenvalue weighted by Gasteiger charge is 2.27. The third-order valence-corrected chi connectivity index (χ3v) is 8.01. The lowest BCUT2D eigenvalue weighted by Gasteiger charge is -2.20. The summed E-state index contributed by atoms with van der Waals surface area (Å²) in [6.45, 7) is 1.91. The first-order valence-electron chi connectivity index (χ1n) is 9.82. The van der Waals surface area contributed by atoms with Crippen molar-refractivity contribution in [2.24, 2.45) is 0 Å². The Hall–Kier alpha value is -3.05. The molecule has 0 fully saturated rings. The van der Waals surface area contributed by atoms with Gasteiger partial charge in [-0.1, -0.05) is 48.0 Å². The highest BCUT2D eigenvalue weighted by molar-refractivity contribution is 14.1. The summed E-state index contributed by atoms with van der Waals surface area (Å²) >= 11 is 2.26. The van der Waals surface area contributed by atoms with E-state index < -0.39 is 10.0 Å². The van der Waals surface area contributed by atoms with Crippen molar-refractivity contribution in [2.75, 3.05) is 11.4 Å². The second kappa shape index (κ2) is 7.82. The van der Waals surface area contributed by atoms with Gasteiger partial charge in [-0.2, -0.15) is 0 Å². The van der Waals surface area contributed by atoms with Crippen molar-refractivity contribution in [3.05, 3.63) is 81.9 Å². The number of benzene rings is 3. The van der Waals surface area contributed by atoms with Crippen LogP contribution in [0.25, 0.3) is 28.1 Å². The third kappa shape index (κ3) is 3.32. The minimum atomic E-state index is -3.84. The van der Waals surface area contributed by atoms with E-state index in [1.54, 1.807) is 24.3 Å². The van der Waals surface area contributed by atoms with Crippen LogP contribution in [-0.2, 0) is 10.0 Å². The van der Waals surface area contributed by atoms with Gasteiger partial charge in [-0.05, 0) is 59.8 Å². The highest BCUT2D eigenvalue weighted by atomic mass is 127. The molecular formula is C23H18IN5O2S. The van der Waals surface area contributed by atoms with E-state index in [0.29, 0.717) is 17.0 Å². The van der Waals surface area contributed by atoms with Gasteiger partial charge in [-0.15, -0.1) is 10.2 Å². The first kappa shape index (κ1) is 20.8. The molecule has 5 rings (SSSR count). The molecule has 0 aliphatic heterocycles. The van der Waals surface area contributed by atoms with E-state index in [9.17, 15) is 8.42 Å². The molecule has 0 unspecified atom stereocenters. The number of fused-ring (bicyclic) bond motifs is 3. The van der Waals surface area contributed by atoms with Crippen molar-refractivity contribution < 1.29 is 8.42 Å². The molecule has 0 bridgehead atoms. The molecule has 0 saturated heterocycles. The Morgan fingerprint density at radius 2 is 1.59 bits per heavy atom. The average molecular weight is 555 g/mol. The van der Waals surface area contributed by atoms with Gasteiger partial charge in [0.25, 0.3) is 10.0 Å². The summed E-state index contributed by atoms with van der Waals surface area (Å²) in [6, 6.07) is 22.2. The predicted molar refractivity (Wildman–Crippen MR) is 133 cm³/mol. The molecule has 0 amide bonds. The van der Waals surface area contributed by atoms with E-state index in [1.807, 2.05) is 59.9 Å². The van der Waals surface area contributed by atoms with Gasteiger partial charge < -0.3 is 0 Å².